The first-order chi connectivity index (χ1) is 3.27. The Labute approximate surface area is 46.9 Å². The lowest BCUT2D eigenvalue weighted by molar-refractivity contribution is 0.626. The summed E-state index contributed by atoms with van der Waals surface area (Å²) in [6.07, 6.45) is 9.31. The molecule has 0 saturated heterocycles. The van der Waals surface area contributed by atoms with Crippen LogP contribution in [0.3, 0.4) is 0 Å². The van der Waals surface area contributed by atoms with Crippen LogP contribution in [-0.2, 0) is 0 Å². The summed E-state index contributed by atoms with van der Waals surface area (Å²) >= 11 is 0. The van der Waals surface area contributed by atoms with Gasteiger partial charge in [0.15, 0.2) is 0 Å². The molecule has 0 heteroatoms. The molecule has 0 aliphatic heterocycles. The van der Waals surface area contributed by atoms with Gasteiger partial charge in [-0.2, -0.15) is 0 Å². The lowest BCUT2D eigenvalue weighted by atomic mass is 10.2. The normalized spacial score (nSPS) is 7.14. The smallest absolute Gasteiger partial charge is 0.0474 e. The molecule has 0 rings (SSSR count). The Kier molecular flexibility index (Phi) is 12.7. The summed E-state index contributed by atoms with van der Waals surface area (Å²) < 4.78 is 0. The van der Waals surface area contributed by atoms with E-state index in [9.17, 15) is 0 Å². The molecule has 0 N–H and O–H groups in total. The zero-order valence-corrected chi connectivity index (χ0v) is 5.44. The second kappa shape index (κ2) is 9.12. The standard InChI is InChI=1S/C5H12.C2H2/c1-4-5(2)3;1-2/h5H,4H2,1-3H3;1-2H. The first-order valence-corrected chi connectivity index (χ1v) is 2.60. The van der Waals surface area contributed by atoms with Gasteiger partial charge >= 0.3 is 0 Å². The SMILES string of the molecule is C#C.CCC(C)C. The highest BCUT2D eigenvalue weighted by Gasteiger charge is 1.80. The number of terminal acetylenes is 1. The van der Waals surface area contributed by atoms with Crippen molar-refractivity contribution in [3.63, 3.8) is 0 Å². The molecule has 0 aromatic carbocycles. The average Bonchev–Trinajstić information content (AvgIpc) is 1.73. The van der Waals surface area contributed by atoms with E-state index >= 15 is 0 Å². The van der Waals surface area contributed by atoms with Crippen molar-refractivity contribution in [1.82, 2.24) is 0 Å². The number of rotatable bonds is 1. The average molecular weight is 98.2 g/mol. The quantitative estimate of drug-likeness (QED) is 0.441. The van der Waals surface area contributed by atoms with E-state index in [-0.39, 0.29) is 0 Å². The lowest BCUT2D eigenvalue weighted by Gasteiger charge is -1.90. The third-order valence-corrected chi connectivity index (χ3v) is 0.816. The van der Waals surface area contributed by atoms with E-state index in [1.54, 1.807) is 0 Å². The van der Waals surface area contributed by atoms with Gasteiger partial charge in [0.25, 0.3) is 0 Å². The second-order valence-electron chi connectivity index (χ2n) is 1.80. The number of hydrogen-bond acceptors (Lipinski definition) is 0. The molecule has 0 fully saturated rings. The van der Waals surface area contributed by atoms with Crippen LogP contribution in [0.15, 0.2) is 0 Å². The molecule has 0 aromatic rings. The molecule has 0 nitrogen and oxygen atoms in total. The highest BCUT2D eigenvalue weighted by atomic mass is 13.9. The fourth-order valence-electron chi connectivity index (χ4n) is 0. The molecule has 0 heterocycles. The minimum atomic E-state index is 0.884. The Morgan fingerprint density at radius 3 is 1.43 bits per heavy atom. The molecule has 0 radical (unpaired) electrons. The minimum absolute atomic E-state index is 0.884. The highest BCUT2D eigenvalue weighted by molar-refractivity contribution is 4.47. The summed E-state index contributed by atoms with van der Waals surface area (Å²) in [5.74, 6) is 0.884. The van der Waals surface area contributed by atoms with Gasteiger partial charge in [-0.05, 0) is 5.92 Å². The molecule has 0 spiro atoms. The summed E-state index contributed by atoms with van der Waals surface area (Å²) in [6, 6.07) is 0. The molecule has 0 bridgehead atoms. The van der Waals surface area contributed by atoms with Gasteiger partial charge in [-0.25, -0.2) is 0 Å². The van der Waals surface area contributed by atoms with Gasteiger partial charge in [0.1, 0.15) is 0 Å². The molecule has 0 atom stereocenters. The van der Waals surface area contributed by atoms with E-state index in [1.807, 2.05) is 0 Å². The van der Waals surface area contributed by atoms with Gasteiger partial charge in [-0.3, -0.25) is 0 Å². The van der Waals surface area contributed by atoms with E-state index in [0.29, 0.717) is 0 Å². The summed E-state index contributed by atoms with van der Waals surface area (Å²) in [6.45, 7) is 6.64. The summed E-state index contributed by atoms with van der Waals surface area (Å²) in [4.78, 5) is 0. The summed E-state index contributed by atoms with van der Waals surface area (Å²) in [7, 11) is 0. The van der Waals surface area contributed by atoms with Gasteiger partial charge in [0.05, 0.1) is 0 Å². The maximum atomic E-state index is 4.00. The zero-order valence-electron chi connectivity index (χ0n) is 5.44. The van der Waals surface area contributed by atoms with Gasteiger partial charge in [-0.1, -0.05) is 27.2 Å². The minimum Gasteiger partial charge on any atom is -0.124 e. The fraction of sp³-hybridized carbons (Fsp3) is 0.714. The highest BCUT2D eigenvalue weighted by Crippen LogP contribution is 1.93. The van der Waals surface area contributed by atoms with E-state index in [1.165, 1.54) is 6.42 Å². The van der Waals surface area contributed by atoms with Crippen LogP contribution in [0.2, 0.25) is 0 Å². The number of hydrogen-bond donors (Lipinski definition) is 0. The van der Waals surface area contributed by atoms with Crippen LogP contribution in [0.1, 0.15) is 27.2 Å². The van der Waals surface area contributed by atoms with E-state index in [0.717, 1.165) is 5.92 Å². The van der Waals surface area contributed by atoms with Crippen molar-refractivity contribution in [2.24, 2.45) is 5.92 Å². The van der Waals surface area contributed by atoms with Gasteiger partial charge in [-0.15, -0.1) is 12.8 Å². The summed E-state index contributed by atoms with van der Waals surface area (Å²) in [5, 5.41) is 0. The summed E-state index contributed by atoms with van der Waals surface area (Å²) in [5.41, 5.74) is 0. The first-order valence-electron chi connectivity index (χ1n) is 2.60. The zero-order chi connectivity index (χ0) is 6.28. The fourth-order valence-corrected chi connectivity index (χ4v) is 0. The van der Waals surface area contributed by atoms with Crippen molar-refractivity contribution in [1.29, 1.82) is 0 Å². The van der Waals surface area contributed by atoms with Gasteiger partial charge in [0.2, 0.25) is 0 Å². The largest absolute Gasteiger partial charge is 0.124 e. The molecule has 0 aliphatic carbocycles. The first kappa shape index (κ1) is 9.75. The van der Waals surface area contributed by atoms with Crippen LogP contribution in [0.25, 0.3) is 0 Å². The topological polar surface area (TPSA) is 0 Å². The molecule has 0 aliphatic rings. The van der Waals surface area contributed by atoms with Gasteiger partial charge < -0.3 is 0 Å². The van der Waals surface area contributed by atoms with Crippen molar-refractivity contribution >= 4 is 0 Å². The van der Waals surface area contributed by atoms with Crippen molar-refractivity contribution in [3.05, 3.63) is 0 Å². The lowest BCUT2D eigenvalue weighted by Crippen LogP contribution is -1.77. The molecule has 0 aromatic heterocycles. The Morgan fingerprint density at radius 2 is 1.43 bits per heavy atom. The third-order valence-electron chi connectivity index (χ3n) is 0.816. The van der Waals surface area contributed by atoms with Crippen LogP contribution in [-0.4, -0.2) is 0 Å². The Balaban J connectivity index is 0. The van der Waals surface area contributed by atoms with Crippen molar-refractivity contribution in [3.8, 4) is 12.8 Å². The van der Waals surface area contributed by atoms with Crippen molar-refractivity contribution in [2.75, 3.05) is 0 Å². The van der Waals surface area contributed by atoms with Gasteiger partial charge in [0, 0.05) is 0 Å². The van der Waals surface area contributed by atoms with E-state index < -0.39 is 0 Å². The molecule has 42 valence electrons. The third kappa shape index (κ3) is 29.0. The Bertz CT molecular complexity index is 32.5. The van der Waals surface area contributed by atoms with Crippen LogP contribution in [0.5, 0.6) is 0 Å². The van der Waals surface area contributed by atoms with Crippen LogP contribution >= 0.6 is 0 Å². The van der Waals surface area contributed by atoms with E-state index in [4.69, 9.17) is 0 Å². The maximum absolute atomic E-state index is 4.00. The van der Waals surface area contributed by atoms with Crippen LogP contribution in [0.4, 0.5) is 0 Å². The molecule has 7 heavy (non-hydrogen) atoms. The second-order valence-corrected chi connectivity index (χ2v) is 1.80. The molecule has 0 unspecified atom stereocenters. The Hall–Kier alpha value is -0.440. The van der Waals surface area contributed by atoms with Crippen LogP contribution < -0.4 is 0 Å². The maximum Gasteiger partial charge on any atom is -0.0474 e. The predicted molar refractivity (Wildman–Crippen MR) is 35.0 cm³/mol. The predicted octanol–water partition coefficient (Wildman–Crippen LogP) is 2.30. The monoisotopic (exact) mass is 98.1 g/mol. The van der Waals surface area contributed by atoms with Crippen molar-refractivity contribution < 1.29 is 0 Å². The molecular weight excluding hydrogens is 84.1 g/mol. The van der Waals surface area contributed by atoms with Crippen LogP contribution in [0, 0.1) is 18.8 Å². The van der Waals surface area contributed by atoms with E-state index in [2.05, 4.69) is 33.6 Å². The molecule has 0 saturated carbocycles. The Morgan fingerprint density at radius 1 is 1.29 bits per heavy atom. The molecule has 0 amide bonds. The molecular formula is C7H14. The van der Waals surface area contributed by atoms with Crippen molar-refractivity contribution in [2.45, 2.75) is 27.2 Å².